The second-order valence-electron chi connectivity index (χ2n) is 3.71. The zero-order valence-electron chi connectivity index (χ0n) is 9.94. The van der Waals surface area contributed by atoms with Crippen LogP contribution in [0, 0.1) is 0 Å². The van der Waals surface area contributed by atoms with E-state index in [1.54, 1.807) is 11.3 Å². The molecular weight excluding hydrogens is 268 g/mol. The molecule has 2 rings (SSSR count). The van der Waals surface area contributed by atoms with Gasteiger partial charge in [-0.05, 0) is 19.1 Å². The molecule has 1 aromatic heterocycles. The maximum Gasteiger partial charge on any atom is 0.251 e. The third-order valence-electron chi connectivity index (χ3n) is 2.42. The standard InChI is InChI=1S/C13H13ClN2OS/c1-2-15-12(17)9-3-5-10(6-4-9)13-16-11(7-14)8-18-13/h3-6,8H,2,7H2,1H3,(H,15,17). The third-order valence-corrected chi connectivity index (χ3v) is 3.63. The van der Waals surface area contributed by atoms with Crippen LogP contribution < -0.4 is 5.32 Å². The molecule has 0 aliphatic carbocycles. The van der Waals surface area contributed by atoms with Crippen LogP contribution in [0.3, 0.4) is 0 Å². The van der Waals surface area contributed by atoms with Crippen LogP contribution in [0.25, 0.3) is 10.6 Å². The second-order valence-corrected chi connectivity index (χ2v) is 4.84. The number of aromatic nitrogens is 1. The summed E-state index contributed by atoms with van der Waals surface area (Å²) in [6.07, 6.45) is 0. The van der Waals surface area contributed by atoms with Crippen LogP contribution >= 0.6 is 22.9 Å². The molecule has 0 unspecified atom stereocenters. The first-order valence-corrected chi connectivity index (χ1v) is 7.05. The molecule has 0 saturated carbocycles. The van der Waals surface area contributed by atoms with E-state index < -0.39 is 0 Å². The lowest BCUT2D eigenvalue weighted by Gasteiger charge is -2.02. The summed E-state index contributed by atoms with van der Waals surface area (Å²) in [6.45, 7) is 2.53. The molecule has 1 amide bonds. The number of nitrogens with zero attached hydrogens (tertiary/aromatic N) is 1. The minimum atomic E-state index is -0.0513. The summed E-state index contributed by atoms with van der Waals surface area (Å²) in [4.78, 5) is 16.0. The topological polar surface area (TPSA) is 42.0 Å². The first kappa shape index (κ1) is 13.1. The summed E-state index contributed by atoms with van der Waals surface area (Å²) in [6, 6.07) is 7.42. The summed E-state index contributed by atoms with van der Waals surface area (Å²) in [7, 11) is 0. The maximum absolute atomic E-state index is 11.6. The molecule has 0 aliphatic heterocycles. The molecule has 1 aromatic carbocycles. The zero-order valence-corrected chi connectivity index (χ0v) is 11.5. The van der Waals surface area contributed by atoms with Crippen molar-refractivity contribution in [1.29, 1.82) is 0 Å². The van der Waals surface area contributed by atoms with Crippen LogP contribution in [0.15, 0.2) is 29.6 Å². The van der Waals surface area contributed by atoms with Gasteiger partial charge in [-0.3, -0.25) is 4.79 Å². The Morgan fingerprint density at radius 2 is 2.11 bits per heavy atom. The Bertz CT molecular complexity index is 536. The molecule has 1 heterocycles. The number of carbonyl (C=O) groups excluding carboxylic acids is 1. The molecule has 0 radical (unpaired) electrons. The molecule has 0 atom stereocenters. The van der Waals surface area contributed by atoms with Crippen molar-refractivity contribution >= 4 is 28.8 Å². The van der Waals surface area contributed by atoms with Crippen molar-refractivity contribution in [3.05, 3.63) is 40.9 Å². The van der Waals surface area contributed by atoms with Gasteiger partial charge in [-0.15, -0.1) is 22.9 Å². The Morgan fingerprint density at radius 1 is 1.39 bits per heavy atom. The van der Waals surface area contributed by atoms with Crippen molar-refractivity contribution in [2.45, 2.75) is 12.8 Å². The highest BCUT2D eigenvalue weighted by molar-refractivity contribution is 7.13. The molecule has 2 aromatic rings. The van der Waals surface area contributed by atoms with Crippen LogP contribution in [-0.4, -0.2) is 17.4 Å². The first-order chi connectivity index (χ1) is 8.74. The number of benzene rings is 1. The quantitative estimate of drug-likeness (QED) is 0.873. The summed E-state index contributed by atoms with van der Waals surface area (Å²) in [5, 5.41) is 5.63. The second kappa shape index (κ2) is 5.98. The Kier molecular flexibility index (Phi) is 4.33. The van der Waals surface area contributed by atoms with E-state index >= 15 is 0 Å². The van der Waals surface area contributed by atoms with E-state index in [4.69, 9.17) is 11.6 Å². The largest absolute Gasteiger partial charge is 0.352 e. The molecular formula is C13H13ClN2OS. The number of carbonyl (C=O) groups is 1. The fraction of sp³-hybridized carbons (Fsp3) is 0.231. The van der Waals surface area contributed by atoms with Crippen molar-refractivity contribution in [3.63, 3.8) is 0 Å². The van der Waals surface area contributed by atoms with Gasteiger partial charge in [0.05, 0.1) is 11.6 Å². The number of nitrogens with one attached hydrogen (secondary N) is 1. The SMILES string of the molecule is CCNC(=O)c1ccc(-c2nc(CCl)cs2)cc1. The van der Waals surface area contributed by atoms with Crippen molar-refractivity contribution in [2.75, 3.05) is 6.54 Å². The van der Waals surface area contributed by atoms with Gasteiger partial charge < -0.3 is 5.32 Å². The van der Waals surface area contributed by atoms with Gasteiger partial charge in [0.25, 0.3) is 5.91 Å². The molecule has 3 nitrogen and oxygen atoms in total. The lowest BCUT2D eigenvalue weighted by atomic mass is 10.1. The van der Waals surface area contributed by atoms with Gasteiger partial charge in [-0.25, -0.2) is 4.98 Å². The summed E-state index contributed by atoms with van der Waals surface area (Å²) in [5.74, 6) is 0.373. The van der Waals surface area contributed by atoms with Crippen LogP contribution in [0.4, 0.5) is 0 Å². The zero-order chi connectivity index (χ0) is 13.0. The predicted molar refractivity (Wildman–Crippen MR) is 75.1 cm³/mol. The van der Waals surface area contributed by atoms with Crippen molar-refractivity contribution in [2.24, 2.45) is 0 Å². The van der Waals surface area contributed by atoms with Gasteiger partial charge in [-0.1, -0.05) is 12.1 Å². The molecule has 0 spiro atoms. The number of hydrogen-bond donors (Lipinski definition) is 1. The minimum absolute atomic E-state index is 0.0513. The number of halogens is 1. The van der Waals surface area contributed by atoms with Gasteiger partial charge >= 0.3 is 0 Å². The van der Waals surface area contributed by atoms with Crippen molar-refractivity contribution in [3.8, 4) is 10.6 Å². The highest BCUT2D eigenvalue weighted by Gasteiger charge is 2.07. The molecule has 0 fully saturated rings. The molecule has 18 heavy (non-hydrogen) atoms. The van der Waals surface area contributed by atoms with Crippen LogP contribution in [0.2, 0.25) is 0 Å². The van der Waals surface area contributed by atoms with Gasteiger partial charge in [0.2, 0.25) is 0 Å². The van der Waals surface area contributed by atoms with Crippen LogP contribution in [0.5, 0.6) is 0 Å². The molecule has 5 heteroatoms. The van der Waals surface area contributed by atoms with Crippen LogP contribution in [0.1, 0.15) is 23.0 Å². The first-order valence-electron chi connectivity index (χ1n) is 5.63. The van der Waals surface area contributed by atoms with Gasteiger partial charge in [0, 0.05) is 23.1 Å². The highest BCUT2D eigenvalue weighted by atomic mass is 35.5. The molecule has 94 valence electrons. The number of alkyl halides is 1. The Morgan fingerprint density at radius 3 is 2.67 bits per heavy atom. The summed E-state index contributed by atoms with van der Waals surface area (Å²) in [5.41, 5.74) is 2.55. The lowest BCUT2D eigenvalue weighted by molar-refractivity contribution is 0.0956. The molecule has 0 aliphatic rings. The number of hydrogen-bond acceptors (Lipinski definition) is 3. The van der Waals surface area contributed by atoms with E-state index in [9.17, 15) is 4.79 Å². The van der Waals surface area contributed by atoms with Crippen molar-refractivity contribution < 1.29 is 4.79 Å². The fourth-order valence-corrected chi connectivity index (χ4v) is 2.58. The van der Waals surface area contributed by atoms with E-state index in [-0.39, 0.29) is 5.91 Å². The monoisotopic (exact) mass is 280 g/mol. The Balaban J connectivity index is 2.19. The fourth-order valence-electron chi connectivity index (χ4n) is 1.53. The van der Waals surface area contributed by atoms with E-state index in [2.05, 4.69) is 10.3 Å². The Labute approximate surface area is 115 Å². The van der Waals surface area contributed by atoms with Gasteiger partial charge in [-0.2, -0.15) is 0 Å². The van der Waals surface area contributed by atoms with E-state index in [0.717, 1.165) is 16.3 Å². The van der Waals surface area contributed by atoms with Crippen molar-refractivity contribution in [1.82, 2.24) is 10.3 Å². The van der Waals surface area contributed by atoms with E-state index in [1.807, 2.05) is 36.6 Å². The van der Waals surface area contributed by atoms with Crippen LogP contribution in [-0.2, 0) is 5.88 Å². The third kappa shape index (κ3) is 2.89. The average molecular weight is 281 g/mol. The minimum Gasteiger partial charge on any atom is -0.352 e. The van der Waals surface area contributed by atoms with E-state index in [1.165, 1.54) is 0 Å². The summed E-state index contributed by atoms with van der Waals surface area (Å²) >= 11 is 7.28. The number of amides is 1. The molecule has 0 saturated heterocycles. The number of rotatable bonds is 4. The summed E-state index contributed by atoms with van der Waals surface area (Å²) < 4.78 is 0. The Hall–Kier alpha value is -1.39. The van der Waals surface area contributed by atoms with Gasteiger partial charge in [0.15, 0.2) is 0 Å². The van der Waals surface area contributed by atoms with E-state index in [0.29, 0.717) is 18.0 Å². The number of thiazole rings is 1. The average Bonchev–Trinajstić information content (AvgIpc) is 2.88. The lowest BCUT2D eigenvalue weighted by Crippen LogP contribution is -2.22. The van der Waals surface area contributed by atoms with Gasteiger partial charge in [0.1, 0.15) is 5.01 Å². The maximum atomic E-state index is 11.6. The highest BCUT2D eigenvalue weighted by Crippen LogP contribution is 2.24. The molecule has 0 bridgehead atoms. The smallest absolute Gasteiger partial charge is 0.251 e. The normalized spacial score (nSPS) is 10.3. The molecule has 1 N–H and O–H groups in total. The predicted octanol–water partition coefficient (Wildman–Crippen LogP) is 3.30.